The van der Waals surface area contributed by atoms with Crippen molar-refractivity contribution >= 4 is 24.1 Å². The number of ether oxygens (including phenoxy) is 4. The Morgan fingerprint density at radius 3 is 1.87 bits per heavy atom. The molecule has 0 fully saturated rings. The lowest BCUT2D eigenvalue weighted by molar-refractivity contribution is -0.147. The van der Waals surface area contributed by atoms with E-state index in [0.717, 1.165) is 0 Å². The van der Waals surface area contributed by atoms with Crippen molar-refractivity contribution < 1.29 is 43.2 Å². The fourth-order valence-corrected chi connectivity index (χ4v) is 3.18. The molecule has 0 spiro atoms. The minimum atomic E-state index is -1.37. The zero-order chi connectivity index (χ0) is 30.1. The molecule has 1 aromatic carbocycles. The Balaban J connectivity index is 3.43. The van der Waals surface area contributed by atoms with E-state index in [9.17, 15) is 24.3 Å². The Hall–Kier alpha value is -3.14. The van der Waals surface area contributed by atoms with E-state index < -0.39 is 53.0 Å². The molecular formula is C29H45NO9. The average Bonchev–Trinajstić information content (AvgIpc) is 2.86. The van der Waals surface area contributed by atoms with Crippen LogP contribution >= 0.6 is 0 Å². The highest BCUT2D eigenvalue weighted by Crippen LogP contribution is 2.37. The summed E-state index contributed by atoms with van der Waals surface area (Å²) in [7, 11) is 0. The maximum atomic E-state index is 12.9. The molecule has 10 heteroatoms. The molecule has 0 radical (unpaired) electrons. The van der Waals surface area contributed by atoms with Crippen molar-refractivity contribution in [2.75, 3.05) is 6.61 Å². The molecule has 220 valence electrons. The van der Waals surface area contributed by atoms with E-state index in [4.69, 9.17) is 24.7 Å². The molecule has 0 heterocycles. The van der Waals surface area contributed by atoms with E-state index in [1.807, 2.05) is 27.7 Å². The van der Waals surface area contributed by atoms with Crippen LogP contribution in [0.25, 0.3) is 0 Å². The second kappa shape index (κ2) is 14.3. The Morgan fingerprint density at radius 2 is 1.41 bits per heavy atom. The molecule has 10 nitrogen and oxygen atoms in total. The number of carboxylic acid groups (broad SMARTS) is 1. The quantitative estimate of drug-likeness (QED) is 0.225. The first-order valence-corrected chi connectivity index (χ1v) is 13.3. The molecule has 0 saturated carbocycles. The maximum Gasteiger partial charge on any atom is 0.508 e. The third-order valence-electron chi connectivity index (χ3n) is 6.81. The highest BCUT2D eigenvalue weighted by molar-refractivity contribution is 5.81. The van der Waals surface area contributed by atoms with Crippen LogP contribution < -0.4 is 15.2 Å². The van der Waals surface area contributed by atoms with Crippen molar-refractivity contribution in [2.24, 2.45) is 22.5 Å². The van der Waals surface area contributed by atoms with Gasteiger partial charge in [0.1, 0.15) is 12.1 Å². The van der Waals surface area contributed by atoms with Crippen LogP contribution in [0.1, 0.15) is 93.1 Å². The number of aliphatic carboxylic acids is 1. The molecule has 0 aliphatic rings. The third kappa shape index (κ3) is 10.2. The maximum absolute atomic E-state index is 12.9. The van der Waals surface area contributed by atoms with Crippen molar-refractivity contribution in [1.29, 1.82) is 0 Å². The molecule has 2 unspecified atom stereocenters. The number of hydrogen-bond donors (Lipinski definition) is 2. The molecule has 1 rings (SSSR count). The standard InChI is InChI=1S/C29H45NO9/c1-10-28(6,7)25(33)38-21-13-12-19(15-22(21)39-26(34)29(8,9)11-2)20(23(30)24(31)32)14-18(5)37-27(35)36-16-17(3)4/h12-13,15,17-18,20,23H,10-11,14,16,30H2,1-9H3,(H,31,32)/t18?,20?,23-/m0/s1. The number of carbonyl (C=O) groups excluding carboxylic acids is 3. The van der Waals surface area contributed by atoms with E-state index in [2.05, 4.69) is 0 Å². The zero-order valence-corrected chi connectivity index (χ0v) is 24.7. The number of rotatable bonds is 14. The first-order chi connectivity index (χ1) is 17.9. The lowest BCUT2D eigenvalue weighted by atomic mass is 9.86. The number of carboxylic acids is 1. The minimum absolute atomic E-state index is 0.0229. The highest BCUT2D eigenvalue weighted by Gasteiger charge is 2.34. The van der Waals surface area contributed by atoms with Crippen molar-refractivity contribution in [3.63, 3.8) is 0 Å². The smallest absolute Gasteiger partial charge is 0.480 e. The first-order valence-electron chi connectivity index (χ1n) is 13.3. The first kappa shape index (κ1) is 33.9. The van der Waals surface area contributed by atoms with Crippen LogP contribution in [0.2, 0.25) is 0 Å². The van der Waals surface area contributed by atoms with Gasteiger partial charge in [0.05, 0.1) is 17.4 Å². The molecule has 0 bridgehead atoms. The van der Waals surface area contributed by atoms with Gasteiger partial charge in [-0.1, -0.05) is 33.8 Å². The molecule has 0 aromatic heterocycles. The normalized spacial score (nSPS) is 14.2. The molecule has 3 N–H and O–H groups in total. The monoisotopic (exact) mass is 551 g/mol. The summed E-state index contributed by atoms with van der Waals surface area (Å²) in [6.07, 6.45) is -0.545. The van der Waals surface area contributed by atoms with Crippen molar-refractivity contribution in [2.45, 2.75) is 99.6 Å². The van der Waals surface area contributed by atoms with Gasteiger partial charge in [0, 0.05) is 5.92 Å². The summed E-state index contributed by atoms with van der Waals surface area (Å²) in [5, 5.41) is 9.69. The number of nitrogens with two attached hydrogens (primary N) is 1. The SMILES string of the molecule is CCC(C)(C)C(=O)Oc1ccc(C(CC(C)OC(=O)OCC(C)C)[C@H](N)C(=O)O)cc1OC(=O)C(C)(C)CC. The van der Waals surface area contributed by atoms with Gasteiger partial charge in [0.25, 0.3) is 0 Å². The summed E-state index contributed by atoms with van der Waals surface area (Å²) < 4.78 is 21.7. The Bertz CT molecular complexity index is 1020. The summed E-state index contributed by atoms with van der Waals surface area (Å²) in [6.45, 7) is 16.2. The van der Waals surface area contributed by atoms with Gasteiger partial charge in [0.15, 0.2) is 11.5 Å². The molecule has 0 aliphatic heterocycles. The van der Waals surface area contributed by atoms with Crippen molar-refractivity contribution in [1.82, 2.24) is 0 Å². The van der Waals surface area contributed by atoms with Gasteiger partial charge in [-0.3, -0.25) is 14.4 Å². The lowest BCUT2D eigenvalue weighted by Gasteiger charge is -2.27. The zero-order valence-electron chi connectivity index (χ0n) is 24.7. The largest absolute Gasteiger partial charge is 0.508 e. The van der Waals surface area contributed by atoms with Gasteiger partial charge in [-0.15, -0.1) is 0 Å². The number of benzene rings is 1. The number of carbonyl (C=O) groups is 4. The summed E-state index contributed by atoms with van der Waals surface area (Å²) in [6, 6.07) is 3.08. The van der Waals surface area contributed by atoms with Gasteiger partial charge in [0.2, 0.25) is 0 Å². The van der Waals surface area contributed by atoms with Crippen LogP contribution in [0.4, 0.5) is 4.79 Å². The minimum Gasteiger partial charge on any atom is -0.480 e. The molecule has 1 aromatic rings. The van der Waals surface area contributed by atoms with Crippen LogP contribution in [-0.2, 0) is 23.9 Å². The topological polar surface area (TPSA) is 151 Å². The fraction of sp³-hybridized carbons (Fsp3) is 0.655. The van der Waals surface area contributed by atoms with Gasteiger partial charge >= 0.3 is 24.1 Å². The fourth-order valence-electron chi connectivity index (χ4n) is 3.18. The number of esters is 2. The lowest BCUT2D eigenvalue weighted by Crippen LogP contribution is -2.38. The summed E-state index contributed by atoms with van der Waals surface area (Å²) >= 11 is 0. The molecule has 0 amide bonds. The van der Waals surface area contributed by atoms with Crippen molar-refractivity contribution in [3.05, 3.63) is 23.8 Å². The van der Waals surface area contributed by atoms with E-state index in [1.54, 1.807) is 40.7 Å². The second-order valence-electron chi connectivity index (χ2n) is 11.5. The molecule has 0 aliphatic carbocycles. The van der Waals surface area contributed by atoms with Crippen LogP contribution in [-0.4, -0.2) is 47.9 Å². The van der Waals surface area contributed by atoms with Crippen LogP contribution in [0.15, 0.2) is 18.2 Å². The average molecular weight is 552 g/mol. The molecule has 3 atom stereocenters. The molecule has 39 heavy (non-hydrogen) atoms. The predicted octanol–water partition coefficient (Wildman–Crippen LogP) is 5.45. The highest BCUT2D eigenvalue weighted by atomic mass is 16.7. The summed E-state index contributed by atoms with van der Waals surface area (Å²) in [4.78, 5) is 49.6. The van der Waals surface area contributed by atoms with E-state index in [-0.39, 0.29) is 30.4 Å². The predicted molar refractivity (Wildman–Crippen MR) is 146 cm³/mol. The van der Waals surface area contributed by atoms with Crippen LogP contribution in [0.5, 0.6) is 11.5 Å². The summed E-state index contributed by atoms with van der Waals surface area (Å²) in [5.41, 5.74) is 4.84. The van der Waals surface area contributed by atoms with Crippen molar-refractivity contribution in [3.8, 4) is 11.5 Å². The third-order valence-corrected chi connectivity index (χ3v) is 6.81. The Labute approximate surface area is 231 Å². The number of hydrogen-bond acceptors (Lipinski definition) is 9. The van der Waals surface area contributed by atoms with Gasteiger partial charge in [-0.05, 0) is 77.5 Å². The van der Waals surface area contributed by atoms with Crippen LogP contribution in [0, 0.1) is 16.7 Å². The van der Waals surface area contributed by atoms with Gasteiger partial charge < -0.3 is 29.8 Å². The Morgan fingerprint density at radius 1 is 0.897 bits per heavy atom. The molecular weight excluding hydrogens is 506 g/mol. The summed E-state index contributed by atoms with van der Waals surface area (Å²) in [5.74, 6) is -3.05. The van der Waals surface area contributed by atoms with E-state index in [1.165, 1.54) is 12.1 Å². The van der Waals surface area contributed by atoms with E-state index in [0.29, 0.717) is 18.4 Å². The Kier molecular flexibility index (Phi) is 12.4. The molecule has 0 saturated heterocycles. The van der Waals surface area contributed by atoms with Crippen LogP contribution in [0.3, 0.4) is 0 Å². The second-order valence-corrected chi connectivity index (χ2v) is 11.5. The van der Waals surface area contributed by atoms with Gasteiger partial charge in [-0.25, -0.2) is 4.79 Å². The van der Waals surface area contributed by atoms with E-state index >= 15 is 0 Å². The van der Waals surface area contributed by atoms with Gasteiger partial charge in [-0.2, -0.15) is 0 Å².